The molecule has 32 heavy (non-hydrogen) atoms. The molecule has 172 valence electrons. The van der Waals surface area contributed by atoms with Crippen molar-refractivity contribution in [2.45, 2.75) is 26.6 Å². The van der Waals surface area contributed by atoms with Crippen LogP contribution in [0.4, 0.5) is 8.78 Å². The van der Waals surface area contributed by atoms with Crippen LogP contribution in [0.3, 0.4) is 0 Å². The maximum atomic E-state index is 12.8. The van der Waals surface area contributed by atoms with E-state index in [1.165, 1.54) is 31.6 Å². The fraction of sp³-hybridized carbons (Fsp3) is 0.381. The molecule has 0 saturated carbocycles. The molecule has 1 aromatic carbocycles. The van der Waals surface area contributed by atoms with Gasteiger partial charge < -0.3 is 24.3 Å². The summed E-state index contributed by atoms with van der Waals surface area (Å²) in [5, 5.41) is 3.54. The standard InChI is InChI=1S/C21H23F2N3O5S/c1-11-16-19(30-4)25-15(10-28-2)26-20(16)32-17(11)18(27)24-8-7-12-5-6-13(29-3)14(9-12)31-21(22)23/h5-6,9,21H,7-8,10H2,1-4H3,(H,24,27). The van der Waals surface area contributed by atoms with Crippen LogP contribution in [0.2, 0.25) is 0 Å². The minimum atomic E-state index is -2.96. The number of carbonyl (C=O) groups is 1. The van der Waals surface area contributed by atoms with Crippen molar-refractivity contribution >= 4 is 27.5 Å². The topological polar surface area (TPSA) is 91.8 Å². The van der Waals surface area contributed by atoms with Crippen LogP contribution in [0.1, 0.15) is 26.6 Å². The van der Waals surface area contributed by atoms with E-state index < -0.39 is 6.61 Å². The fourth-order valence-electron chi connectivity index (χ4n) is 3.17. The molecule has 11 heteroatoms. The predicted molar refractivity (Wildman–Crippen MR) is 115 cm³/mol. The zero-order valence-corrected chi connectivity index (χ0v) is 18.8. The summed E-state index contributed by atoms with van der Waals surface area (Å²) in [6.45, 7) is -0.624. The molecule has 0 fully saturated rings. The zero-order valence-electron chi connectivity index (χ0n) is 18.0. The van der Waals surface area contributed by atoms with E-state index in [1.54, 1.807) is 19.2 Å². The van der Waals surface area contributed by atoms with Gasteiger partial charge in [-0.25, -0.2) is 4.98 Å². The molecule has 1 N–H and O–H groups in total. The lowest BCUT2D eigenvalue weighted by molar-refractivity contribution is -0.0512. The van der Waals surface area contributed by atoms with Gasteiger partial charge in [0.05, 0.1) is 24.5 Å². The number of nitrogens with zero attached hydrogens (tertiary/aromatic N) is 2. The molecule has 2 heterocycles. The van der Waals surface area contributed by atoms with Gasteiger partial charge in [-0.2, -0.15) is 13.8 Å². The van der Waals surface area contributed by atoms with Crippen molar-refractivity contribution in [3.8, 4) is 17.4 Å². The van der Waals surface area contributed by atoms with Crippen molar-refractivity contribution in [2.24, 2.45) is 0 Å². The highest BCUT2D eigenvalue weighted by molar-refractivity contribution is 7.20. The van der Waals surface area contributed by atoms with Crippen molar-refractivity contribution in [1.82, 2.24) is 15.3 Å². The van der Waals surface area contributed by atoms with E-state index in [0.717, 1.165) is 5.56 Å². The van der Waals surface area contributed by atoms with E-state index in [4.69, 9.17) is 14.2 Å². The van der Waals surface area contributed by atoms with E-state index in [2.05, 4.69) is 20.0 Å². The lowest BCUT2D eigenvalue weighted by Crippen LogP contribution is -2.25. The van der Waals surface area contributed by atoms with Crippen molar-refractivity contribution in [3.63, 3.8) is 0 Å². The molecule has 0 atom stereocenters. The zero-order chi connectivity index (χ0) is 23.3. The van der Waals surface area contributed by atoms with Crippen LogP contribution in [-0.2, 0) is 17.8 Å². The number of carbonyl (C=O) groups excluding carboxylic acids is 1. The second-order valence-corrected chi connectivity index (χ2v) is 7.69. The van der Waals surface area contributed by atoms with Crippen LogP contribution in [0.15, 0.2) is 18.2 Å². The number of thiophene rings is 1. The van der Waals surface area contributed by atoms with Gasteiger partial charge in [0.2, 0.25) is 5.88 Å². The molecule has 0 unspecified atom stereocenters. The third-order valence-corrected chi connectivity index (χ3v) is 5.80. The van der Waals surface area contributed by atoms with Crippen LogP contribution >= 0.6 is 11.3 Å². The van der Waals surface area contributed by atoms with Crippen molar-refractivity contribution in [1.29, 1.82) is 0 Å². The van der Waals surface area contributed by atoms with Gasteiger partial charge in [0.1, 0.15) is 11.4 Å². The average molecular weight is 467 g/mol. The lowest BCUT2D eigenvalue weighted by Gasteiger charge is -2.12. The fourth-order valence-corrected chi connectivity index (χ4v) is 4.27. The number of amides is 1. The highest BCUT2D eigenvalue weighted by atomic mass is 32.1. The first kappa shape index (κ1) is 23.6. The van der Waals surface area contributed by atoms with Gasteiger partial charge in [-0.15, -0.1) is 11.3 Å². The normalized spacial score (nSPS) is 11.1. The largest absolute Gasteiger partial charge is 0.493 e. The molecule has 8 nitrogen and oxygen atoms in total. The third-order valence-electron chi connectivity index (χ3n) is 4.62. The Hall–Kier alpha value is -3.05. The van der Waals surface area contributed by atoms with Crippen molar-refractivity contribution in [2.75, 3.05) is 27.9 Å². The average Bonchev–Trinajstić information content (AvgIpc) is 3.09. The van der Waals surface area contributed by atoms with Gasteiger partial charge in [0, 0.05) is 13.7 Å². The summed E-state index contributed by atoms with van der Waals surface area (Å²) >= 11 is 1.24. The van der Waals surface area contributed by atoms with Crippen molar-refractivity contribution in [3.05, 3.63) is 40.0 Å². The van der Waals surface area contributed by atoms with Crippen LogP contribution in [0.5, 0.6) is 17.4 Å². The smallest absolute Gasteiger partial charge is 0.387 e. The molecular formula is C21H23F2N3O5S. The second kappa shape index (κ2) is 10.5. The first-order valence-electron chi connectivity index (χ1n) is 9.60. The Morgan fingerprint density at radius 3 is 2.59 bits per heavy atom. The van der Waals surface area contributed by atoms with Crippen LogP contribution in [0, 0.1) is 6.92 Å². The Kier molecular flexibility index (Phi) is 7.75. The number of aromatic nitrogens is 2. The van der Waals surface area contributed by atoms with Gasteiger partial charge in [-0.05, 0) is 36.6 Å². The number of aryl methyl sites for hydroxylation is 1. The molecule has 0 radical (unpaired) electrons. The Balaban J connectivity index is 1.73. The number of methoxy groups -OCH3 is 3. The number of nitrogens with one attached hydrogen (secondary N) is 1. The van der Waals surface area contributed by atoms with Gasteiger partial charge in [0.15, 0.2) is 17.3 Å². The maximum absolute atomic E-state index is 12.8. The van der Waals surface area contributed by atoms with Crippen LogP contribution < -0.4 is 19.5 Å². The van der Waals surface area contributed by atoms with E-state index >= 15 is 0 Å². The molecule has 0 aliphatic carbocycles. The number of fused-ring (bicyclic) bond motifs is 1. The molecular weight excluding hydrogens is 444 g/mol. The first-order valence-corrected chi connectivity index (χ1v) is 10.4. The molecule has 3 rings (SSSR count). The number of ether oxygens (including phenoxy) is 4. The Bertz CT molecular complexity index is 1110. The van der Waals surface area contributed by atoms with Crippen molar-refractivity contribution < 1.29 is 32.5 Å². The van der Waals surface area contributed by atoms with Gasteiger partial charge in [-0.1, -0.05) is 6.07 Å². The molecule has 0 saturated heterocycles. The Morgan fingerprint density at radius 2 is 1.94 bits per heavy atom. The molecule has 0 aliphatic rings. The summed E-state index contributed by atoms with van der Waals surface area (Å²) in [5.74, 6) is 0.746. The van der Waals surface area contributed by atoms with Gasteiger partial charge in [-0.3, -0.25) is 4.79 Å². The summed E-state index contributed by atoms with van der Waals surface area (Å²) in [5.41, 5.74) is 1.44. The lowest BCUT2D eigenvalue weighted by atomic mass is 10.1. The summed E-state index contributed by atoms with van der Waals surface area (Å²) in [6.07, 6.45) is 0.417. The monoisotopic (exact) mass is 467 g/mol. The molecule has 0 aliphatic heterocycles. The van der Waals surface area contributed by atoms with Gasteiger partial charge in [0.25, 0.3) is 5.91 Å². The number of rotatable bonds is 10. The first-order chi connectivity index (χ1) is 15.4. The number of hydrogen-bond donors (Lipinski definition) is 1. The quantitative estimate of drug-likeness (QED) is 0.486. The maximum Gasteiger partial charge on any atom is 0.387 e. The summed E-state index contributed by atoms with van der Waals surface area (Å²) in [7, 11) is 4.43. The van der Waals surface area contributed by atoms with Crippen LogP contribution in [0.25, 0.3) is 10.2 Å². The van der Waals surface area contributed by atoms with Gasteiger partial charge >= 0.3 is 6.61 Å². The highest BCUT2D eigenvalue weighted by Gasteiger charge is 2.21. The molecule has 0 spiro atoms. The summed E-state index contributed by atoms with van der Waals surface area (Å²) < 4.78 is 45.2. The predicted octanol–water partition coefficient (Wildman–Crippen LogP) is 3.74. The van der Waals surface area contributed by atoms with E-state index in [0.29, 0.717) is 45.3 Å². The molecule has 0 bridgehead atoms. The van der Waals surface area contributed by atoms with Crippen LogP contribution in [-0.4, -0.2) is 50.4 Å². The Morgan fingerprint density at radius 1 is 1.16 bits per heavy atom. The minimum absolute atomic E-state index is 0.0517. The third kappa shape index (κ3) is 5.22. The van der Waals surface area contributed by atoms with E-state index in [-0.39, 0.29) is 24.0 Å². The number of benzene rings is 1. The number of hydrogen-bond acceptors (Lipinski definition) is 8. The molecule has 2 aromatic heterocycles. The molecule has 3 aromatic rings. The molecule has 1 amide bonds. The van der Waals surface area contributed by atoms with E-state index in [1.807, 2.05) is 6.92 Å². The summed E-state index contributed by atoms with van der Waals surface area (Å²) in [4.78, 5) is 22.7. The number of alkyl halides is 2. The van der Waals surface area contributed by atoms with E-state index in [9.17, 15) is 13.6 Å². The highest BCUT2D eigenvalue weighted by Crippen LogP contribution is 2.35. The Labute approximate surface area is 187 Å². The SMILES string of the molecule is COCc1nc(OC)c2c(C)c(C(=O)NCCc3ccc(OC)c(OC(F)F)c3)sc2n1. The number of halogens is 2. The summed E-state index contributed by atoms with van der Waals surface area (Å²) in [6, 6.07) is 4.75. The second-order valence-electron chi connectivity index (χ2n) is 6.69. The minimum Gasteiger partial charge on any atom is -0.493 e.